The second-order valence-corrected chi connectivity index (χ2v) is 4.80. The van der Waals surface area contributed by atoms with E-state index in [4.69, 9.17) is 16.9 Å². The van der Waals surface area contributed by atoms with E-state index in [0.29, 0.717) is 0 Å². The normalized spacial score (nSPS) is 11.8. The average molecular weight is 367 g/mol. The van der Waals surface area contributed by atoms with E-state index in [1.807, 2.05) is 5.48 Å². The van der Waals surface area contributed by atoms with Gasteiger partial charge in [-0.15, -0.1) is 0 Å². The fourth-order valence-electron chi connectivity index (χ4n) is 1.72. The standard InChI is InChI=1S/C13H12ClFN8O2/c1-17-13(19-6-16)18-5-10-11(23-25-22-10)12(21-24)20-7-2-3-9(15)8(14)4-7/h2-4,24H,5H2,1H3,(H,20,21)(H2,17,18,19). The molecule has 12 heteroatoms. The predicted molar refractivity (Wildman–Crippen MR) is 85.8 cm³/mol. The third-order valence-electron chi connectivity index (χ3n) is 2.85. The Morgan fingerprint density at radius 3 is 2.92 bits per heavy atom. The smallest absolute Gasteiger partial charge is 0.204 e. The SMILES string of the molecule is CN=C(NC#N)NCc1nonc1C(=Nc1ccc(F)c(Cl)c1)NO. The maximum absolute atomic E-state index is 13.2. The molecule has 0 saturated carbocycles. The Kier molecular flexibility index (Phi) is 6.21. The topological polar surface area (TPSA) is 144 Å². The Labute approximate surface area is 145 Å². The van der Waals surface area contributed by atoms with Crippen LogP contribution in [0.25, 0.3) is 0 Å². The highest BCUT2D eigenvalue weighted by Gasteiger charge is 2.17. The zero-order chi connectivity index (χ0) is 18.2. The molecule has 25 heavy (non-hydrogen) atoms. The number of aliphatic imine (C=N–C) groups is 2. The van der Waals surface area contributed by atoms with Crippen molar-refractivity contribution in [3.8, 4) is 6.19 Å². The highest BCUT2D eigenvalue weighted by atomic mass is 35.5. The van der Waals surface area contributed by atoms with Gasteiger partial charge >= 0.3 is 0 Å². The van der Waals surface area contributed by atoms with Gasteiger partial charge in [0.05, 0.1) is 17.3 Å². The predicted octanol–water partition coefficient (Wildman–Crippen LogP) is 1.07. The lowest BCUT2D eigenvalue weighted by atomic mass is 10.2. The minimum atomic E-state index is -0.594. The molecule has 10 nitrogen and oxygen atoms in total. The van der Waals surface area contributed by atoms with Crippen LogP contribution in [0.4, 0.5) is 10.1 Å². The number of nitriles is 1. The Morgan fingerprint density at radius 2 is 2.28 bits per heavy atom. The van der Waals surface area contributed by atoms with E-state index in [0.717, 1.165) is 6.07 Å². The van der Waals surface area contributed by atoms with Crippen LogP contribution in [0.3, 0.4) is 0 Å². The van der Waals surface area contributed by atoms with Crippen LogP contribution in [0.5, 0.6) is 0 Å². The summed E-state index contributed by atoms with van der Waals surface area (Å²) in [7, 11) is 1.48. The molecule has 0 radical (unpaired) electrons. The van der Waals surface area contributed by atoms with Crippen LogP contribution in [-0.4, -0.2) is 34.4 Å². The summed E-state index contributed by atoms with van der Waals surface area (Å²) in [4.78, 5) is 7.89. The first-order valence-electron chi connectivity index (χ1n) is 6.70. The number of guanidine groups is 1. The van der Waals surface area contributed by atoms with Crippen molar-refractivity contribution in [2.75, 3.05) is 7.05 Å². The number of nitrogens with zero attached hydrogens (tertiary/aromatic N) is 5. The Morgan fingerprint density at radius 1 is 1.48 bits per heavy atom. The van der Waals surface area contributed by atoms with Gasteiger partial charge in [0.1, 0.15) is 11.5 Å². The Balaban J connectivity index is 2.24. The molecule has 1 aromatic heterocycles. The quantitative estimate of drug-likeness (QED) is 0.207. The first-order chi connectivity index (χ1) is 12.1. The third-order valence-corrected chi connectivity index (χ3v) is 3.14. The molecule has 0 atom stereocenters. The molecule has 2 rings (SSSR count). The third kappa shape index (κ3) is 4.63. The van der Waals surface area contributed by atoms with Gasteiger partial charge in [-0.25, -0.2) is 14.0 Å². The molecule has 1 heterocycles. The van der Waals surface area contributed by atoms with Gasteiger partial charge in [0, 0.05) is 7.05 Å². The molecular weight excluding hydrogens is 355 g/mol. The molecule has 2 aromatic rings. The van der Waals surface area contributed by atoms with Crippen molar-refractivity contribution in [3.05, 3.63) is 40.4 Å². The zero-order valence-electron chi connectivity index (χ0n) is 12.8. The van der Waals surface area contributed by atoms with Gasteiger partial charge in [-0.05, 0) is 23.4 Å². The zero-order valence-corrected chi connectivity index (χ0v) is 13.5. The second kappa shape index (κ2) is 8.57. The lowest BCUT2D eigenvalue weighted by Crippen LogP contribution is -2.34. The first-order valence-corrected chi connectivity index (χ1v) is 7.08. The summed E-state index contributed by atoms with van der Waals surface area (Å²) in [6.45, 7) is 0.0745. The number of hydrogen-bond acceptors (Lipinski definition) is 7. The van der Waals surface area contributed by atoms with E-state index in [2.05, 4.69) is 35.6 Å². The molecular formula is C13H12ClFN8O2. The van der Waals surface area contributed by atoms with Crippen LogP contribution in [0.1, 0.15) is 11.4 Å². The number of benzene rings is 1. The van der Waals surface area contributed by atoms with E-state index < -0.39 is 5.82 Å². The Bertz CT molecular complexity index is 845. The van der Waals surface area contributed by atoms with E-state index in [9.17, 15) is 9.60 Å². The summed E-state index contributed by atoms with van der Waals surface area (Å²) in [5.74, 6) is -0.482. The van der Waals surface area contributed by atoms with Crippen molar-refractivity contribution in [2.45, 2.75) is 6.54 Å². The maximum atomic E-state index is 13.2. The van der Waals surface area contributed by atoms with Gasteiger partial charge in [-0.1, -0.05) is 16.8 Å². The number of halogens is 2. The second-order valence-electron chi connectivity index (χ2n) is 4.39. The van der Waals surface area contributed by atoms with E-state index in [1.54, 1.807) is 6.19 Å². The van der Waals surface area contributed by atoms with Crippen LogP contribution in [-0.2, 0) is 6.54 Å². The molecule has 4 N–H and O–H groups in total. The van der Waals surface area contributed by atoms with Gasteiger partial charge in [0.25, 0.3) is 0 Å². The summed E-state index contributed by atoms with van der Waals surface area (Å²) in [5, 5.41) is 30.3. The first kappa shape index (κ1) is 18.1. The van der Waals surface area contributed by atoms with Crippen LogP contribution < -0.4 is 16.1 Å². The van der Waals surface area contributed by atoms with Gasteiger partial charge in [-0.3, -0.25) is 21.0 Å². The number of nitrogens with one attached hydrogen (secondary N) is 3. The summed E-state index contributed by atoms with van der Waals surface area (Å²) in [6, 6.07) is 3.78. The highest BCUT2D eigenvalue weighted by molar-refractivity contribution is 6.31. The highest BCUT2D eigenvalue weighted by Crippen LogP contribution is 2.22. The largest absolute Gasteiger partial charge is 0.350 e. The van der Waals surface area contributed by atoms with Gasteiger partial charge < -0.3 is 5.32 Å². The molecule has 0 aliphatic heterocycles. The fraction of sp³-hybridized carbons (Fsp3) is 0.154. The summed E-state index contributed by atoms with van der Waals surface area (Å²) in [5.41, 5.74) is 2.52. The maximum Gasteiger partial charge on any atom is 0.204 e. The van der Waals surface area contributed by atoms with Crippen LogP contribution in [0.2, 0.25) is 5.02 Å². The number of rotatable bonds is 4. The van der Waals surface area contributed by atoms with E-state index in [-0.39, 0.29) is 40.4 Å². The van der Waals surface area contributed by atoms with Crippen molar-refractivity contribution >= 4 is 29.1 Å². The average Bonchev–Trinajstić information content (AvgIpc) is 3.07. The molecule has 1 aromatic carbocycles. The summed E-state index contributed by atoms with van der Waals surface area (Å²) in [6.07, 6.45) is 1.72. The number of hydrogen-bond donors (Lipinski definition) is 4. The lowest BCUT2D eigenvalue weighted by Gasteiger charge is -2.06. The summed E-state index contributed by atoms with van der Waals surface area (Å²) < 4.78 is 17.8. The van der Waals surface area contributed by atoms with Crippen molar-refractivity contribution in [3.63, 3.8) is 0 Å². The van der Waals surface area contributed by atoms with E-state index >= 15 is 0 Å². The van der Waals surface area contributed by atoms with Crippen molar-refractivity contribution in [2.24, 2.45) is 9.98 Å². The van der Waals surface area contributed by atoms with Gasteiger partial charge in [-0.2, -0.15) is 5.26 Å². The minimum Gasteiger partial charge on any atom is -0.350 e. The molecule has 0 fully saturated rings. The molecule has 0 aliphatic carbocycles. The molecule has 0 spiro atoms. The molecule has 0 aliphatic rings. The molecule has 0 unspecified atom stereocenters. The molecule has 130 valence electrons. The molecule has 0 amide bonds. The van der Waals surface area contributed by atoms with Gasteiger partial charge in [0.2, 0.25) is 5.96 Å². The monoisotopic (exact) mass is 366 g/mol. The molecule has 0 saturated heterocycles. The van der Waals surface area contributed by atoms with Gasteiger partial charge in [0.15, 0.2) is 17.7 Å². The molecule has 0 bridgehead atoms. The van der Waals surface area contributed by atoms with Crippen LogP contribution in [0, 0.1) is 17.3 Å². The van der Waals surface area contributed by atoms with Crippen molar-refractivity contribution < 1.29 is 14.2 Å². The lowest BCUT2D eigenvalue weighted by molar-refractivity contribution is 0.234. The van der Waals surface area contributed by atoms with Crippen molar-refractivity contribution in [1.82, 2.24) is 26.4 Å². The fourth-order valence-corrected chi connectivity index (χ4v) is 1.89. The number of hydroxylamine groups is 1. The van der Waals surface area contributed by atoms with Crippen molar-refractivity contribution in [1.29, 1.82) is 5.26 Å². The number of amidine groups is 1. The van der Waals surface area contributed by atoms with E-state index in [1.165, 1.54) is 19.2 Å². The summed E-state index contributed by atoms with van der Waals surface area (Å²) >= 11 is 5.70. The minimum absolute atomic E-state index is 0.0745. The Hall–Kier alpha value is -3.23. The van der Waals surface area contributed by atoms with Crippen LogP contribution >= 0.6 is 11.6 Å². The number of aromatic nitrogens is 2. The van der Waals surface area contributed by atoms with Crippen LogP contribution in [0.15, 0.2) is 32.8 Å².